The second-order valence-corrected chi connectivity index (χ2v) is 9.89. The lowest BCUT2D eigenvalue weighted by Gasteiger charge is -2.29. The molecule has 0 radical (unpaired) electrons. The molecule has 2 heterocycles. The summed E-state index contributed by atoms with van der Waals surface area (Å²) in [4.78, 5) is 51.2. The fraction of sp³-hybridized carbons (Fsp3) is 0.267. The number of piperidine rings is 1. The van der Waals surface area contributed by atoms with Crippen LogP contribution in [0.1, 0.15) is 39.9 Å². The minimum absolute atomic E-state index is 0.00898. The summed E-state index contributed by atoms with van der Waals surface area (Å²) in [6.07, 6.45) is -0.410. The molecular weight excluding hydrogens is 568 g/mol. The number of hydrogen-bond donors (Lipinski definition) is 2. The van der Waals surface area contributed by atoms with Crippen molar-refractivity contribution < 1.29 is 46.9 Å². The standard InChI is InChI=1S/C30H27F2N3O8/c1-15-10-18(43-24-12-20(32)19(31)11-23(24)40-2)6-7-21(15)33-30(39)42-14-17-5-4-16-13-35(29(38)26(16)27(17)41-3)22-8-9-25(36)34-28(22)37/h4-7,10-12,22H,8-9,13-14H2,1-3H3,(H,33,39)(H,34,36,37). The zero-order valence-corrected chi connectivity index (χ0v) is 23.4. The molecule has 1 fully saturated rings. The van der Waals surface area contributed by atoms with E-state index in [1.54, 1.807) is 31.2 Å². The number of anilines is 1. The lowest BCUT2D eigenvalue weighted by Crippen LogP contribution is -2.52. The maximum absolute atomic E-state index is 13.7. The highest BCUT2D eigenvalue weighted by atomic mass is 19.2. The first kappa shape index (κ1) is 29.3. The van der Waals surface area contributed by atoms with Crippen LogP contribution < -0.4 is 24.8 Å². The first-order chi connectivity index (χ1) is 20.6. The fourth-order valence-corrected chi connectivity index (χ4v) is 5.02. The number of benzene rings is 3. The van der Waals surface area contributed by atoms with Crippen LogP contribution in [0.5, 0.6) is 23.0 Å². The zero-order valence-electron chi connectivity index (χ0n) is 23.4. The van der Waals surface area contributed by atoms with Gasteiger partial charge in [0.05, 0.1) is 19.8 Å². The molecule has 224 valence electrons. The monoisotopic (exact) mass is 595 g/mol. The minimum Gasteiger partial charge on any atom is -0.495 e. The Morgan fingerprint density at radius 2 is 1.77 bits per heavy atom. The molecule has 0 bridgehead atoms. The molecule has 2 aliphatic rings. The molecule has 0 saturated carbocycles. The average molecular weight is 596 g/mol. The SMILES string of the molecule is COc1cc(F)c(F)cc1Oc1ccc(NC(=O)OCc2ccc3c(c2OC)C(=O)N(C2CCC(=O)NC2=O)C3)c(C)c1. The van der Waals surface area contributed by atoms with Gasteiger partial charge in [-0.05, 0) is 42.7 Å². The van der Waals surface area contributed by atoms with Gasteiger partial charge in [-0.2, -0.15) is 0 Å². The number of halogens is 2. The van der Waals surface area contributed by atoms with E-state index in [-0.39, 0.29) is 54.7 Å². The van der Waals surface area contributed by atoms with Crippen LogP contribution in [0, 0.1) is 18.6 Å². The minimum atomic E-state index is -1.09. The summed E-state index contributed by atoms with van der Waals surface area (Å²) in [7, 11) is 2.69. The maximum Gasteiger partial charge on any atom is 0.411 e. The first-order valence-corrected chi connectivity index (χ1v) is 13.2. The molecule has 11 nitrogen and oxygen atoms in total. The van der Waals surface area contributed by atoms with Crippen LogP contribution in [0.15, 0.2) is 42.5 Å². The van der Waals surface area contributed by atoms with E-state index in [1.807, 2.05) is 0 Å². The first-order valence-electron chi connectivity index (χ1n) is 13.2. The number of nitrogens with zero attached hydrogens (tertiary/aromatic N) is 1. The van der Waals surface area contributed by atoms with Crippen molar-refractivity contribution in [2.75, 3.05) is 19.5 Å². The Balaban J connectivity index is 1.24. The highest BCUT2D eigenvalue weighted by molar-refractivity contribution is 6.06. The van der Waals surface area contributed by atoms with Crippen LogP contribution in [0.2, 0.25) is 0 Å². The van der Waals surface area contributed by atoms with Gasteiger partial charge in [0, 0.05) is 36.3 Å². The number of rotatable bonds is 8. The van der Waals surface area contributed by atoms with Crippen LogP contribution in [-0.2, 0) is 27.5 Å². The third-order valence-corrected chi connectivity index (χ3v) is 7.16. The summed E-state index contributed by atoms with van der Waals surface area (Å²) in [5, 5.41) is 4.90. The van der Waals surface area contributed by atoms with Crippen LogP contribution in [0.3, 0.4) is 0 Å². The van der Waals surface area contributed by atoms with E-state index in [4.69, 9.17) is 18.9 Å². The summed E-state index contributed by atoms with van der Waals surface area (Å²) in [6.45, 7) is 1.67. The number of fused-ring (bicyclic) bond motifs is 1. The maximum atomic E-state index is 13.7. The van der Waals surface area contributed by atoms with Gasteiger partial charge >= 0.3 is 6.09 Å². The van der Waals surface area contributed by atoms with E-state index < -0.39 is 35.6 Å². The normalized spacial score (nSPS) is 16.0. The number of hydrogen-bond acceptors (Lipinski definition) is 8. The molecule has 4 amide bonds. The third kappa shape index (κ3) is 5.92. The van der Waals surface area contributed by atoms with Crippen molar-refractivity contribution in [2.45, 2.75) is 39.0 Å². The van der Waals surface area contributed by atoms with E-state index in [1.165, 1.54) is 25.2 Å². The highest BCUT2D eigenvalue weighted by Crippen LogP contribution is 2.37. The van der Waals surface area contributed by atoms with E-state index in [2.05, 4.69) is 10.6 Å². The Morgan fingerprint density at radius 3 is 2.44 bits per heavy atom. The second-order valence-electron chi connectivity index (χ2n) is 9.89. The molecule has 2 aliphatic heterocycles. The van der Waals surface area contributed by atoms with Crippen molar-refractivity contribution in [3.05, 3.63) is 76.4 Å². The molecule has 13 heteroatoms. The van der Waals surface area contributed by atoms with Crippen molar-refractivity contribution in [3.63, 3.8) is 0 Å². The summed E-state index contributed by atoms with van der Waals surface area (Å²) < 4.78 is 48.8. The predicted octanol–water partition coefficient (Wildman–Crippen LogP) is 4.59. The van der Waals surface area contributed by atoms with Gasteiger partial charge in [-0.25, -0.2) is 13.6 Å². The molecule has 1 unspecified atom stereocenters. The lowest BCUT2D eigenvalue weighted by atomic mass is 10.0. The third-order valence-electron chi connectivity index (χ3n) is 7.16. The smallest absolute Gasteiger partial charge is 0.411 e. The number of nitrogens with one attached hydrogen (secondary N) is 2. The molecule has 3 aromatic rings. The Bertz CT molecular complexity index is 1640. The van der Waals surface area contributed by atoms with E-state index >= 15 is 0 Å². The Hall–Kier alpha value is -5.20. The van der Waals surface area contributed by atoms with E-state index in [0.717, 1.165) is 12.1 Å². The van der Waals surface area contributed by atoms with Gasteiger partial charge in [-0.1, -0.05) is 12.1 Å². The van der Waals surface area contributed by atoms with Crippen LogP contribution in [0.25, 0.3) is 0 Å². The van der Waals surface area contributed by atoms with Crippen molar-refractivity contribution >= 4 is 29.5 Å². The average Bonchev–Trinajstić information content (AvgIpc) is 3.30. The van der Waals surface area contributed by atoms with Gasteiger partial charge in [0.2, 0.25) is 11.8 Å². The van der Waals surface area contributed by atoms with Gasteiger partial charge in [0.1, 0.15) is 24.1 Å². The highest BCUT2D eigenvalue weighted by Gasteiger charge is 2.41. The molecule has 0 aromatic heterocycles. The second kappa shape index (κ2) is 12.0. The van der Waals surface area contributed by atoms with Crippen molar-refractivity contribution in [1.29, 1.82) is 0 Å². The number of amides is 4. The van der Waals surface area contributed by atoms with Gasteiger partial charge < -0.3 is 23.8 Å². The molecule has 3 aromatic carbocycles. The number of ether oxygens (including phenoxy) is 4. The molecule has 5 rings (SSSR count). The van der Waals surface area contributed by atoms with Gasteiger partial charge in [0.15, 0.2) is 23.1 Å². The number of methoxy groups -OCH3 is 2. The lowest BCUT2D eigenvalue weighted by molar-refractivity contribution is -0.136. The zero-order chi connectivity index (χ0) is 30.8. The van der Waals surface area contributed by atoms with Gasteiger partial charge in [-0.15, -0.1) is 0 Å². The van der Waals surface area contributed by atoms with Crippen molar-refractivity contribution in [1.82, 2.24) is 10.2 Å². The summed E-state index contributed by atoms with van der Waals surface area (Å²) in [5.74, 6) is -2.96. The van der Waals surface area contributed by atoms with Gasteiger partial charge in [0.25, 0.3) is 5.91 Å². The Morgan fingerprint density at radius 1 is 1.02 bits per heavy atom. The van der Waals surface area contributed by atoms with Crippen molar-refractivity contribution in [3.8, 4) is 23.0 Å². The van der Waals surface area contributed by atoms with Crippen molar-refractivity contribution in [2.24, 2.45) is 0 Å². The Kier molecular flexibility index (Phi) is 8.15. The molecule has 43 heavy (non-hydrogen) atoms. The number of aryl methyl sites for hydroxylation is 1. The topological polar surface area (TPSA) is 132 Å². The van der Waals surface area contributed by atoms with Crippen LogP contribution in [-0.4, -0.2) is 49.0 Å². The predicted molar refractivity (Wildman–Crippen MR) is 147 cm³/mol. The number of carbonyl (C=O) groups is 4. The van der Waals surface area contributed by atoms with E-state index in [0.29, 0.717) is 28.1 Å². The Labute approximate surface area is 244 Å². The largest absolute Gasteiger partial charge is 0.495 e. The van der Waals surface area contributed by atoms with E-state index in [9.17, 15) is 28.0 Å². The summed E-state index contributed by atoms with van der Waals surface area (Å²) >= 11 is 0. The molecule has 1 saturated heterocycles. The fourth-order valence-electron chi connectivity index (χ4n) is 5.02. The summed E-state index contributed by atoms with van der Waals surface area (Å²) in [5.41, 5.74) is 2.36. The summed E-state index contributed by atoms with van der Waals surface area (Å²) in [6, 6.07) is 9.03. The van der Waals surface area contributed by atoms with Gasteiger partial charge in [-0.3, -0.25) is 25.0 Å². The van der Waals surface area contributed by atoms with Crippen LogP contribution >= 0.6 is 0 Å². The molecule has 1 atom stereocenters. The molecule has 0 aliphatic carbocycles. The number of carbonyl (C=O) groups excluding carboxylic acids is 4. The molecule has 2 N–H and O–H groups in total. The molecule has 0 spiro atoms. The quantitative estimate of drug-likeness (QED) is 0.362. The molecular formula is C30H27F2N3O8. The number of imide groups is 1. The van der Waals surface area contributed by atoms with Crippen LogP contribution in [0.4, 0.5) is 19.3 Å².